The number of phenols is 3. The SMILES string of the molecule is C=CCCOc1cccc(CN[C@@]2(C)C[C@H](O[C@H]3[C@H](Oc4c5cc6cc4Oc4ccc(cc4Cl)[C@@H](O)[C@@H](N)C(=O)N[C@@H](CC(N)=O)C(=O)N[C@H]6C(=O)N[C@H]4C(=O)N[C@H](C(=O)N[C@H](C(=O)N[C@@H](Cc6ccccc6)C(=O)O)c6cc(O)cc(O)c6-c6cc4ccc6O)[C@H](O)c4ccc(c(Cl)c4)O5)O[C@H](CO)[C@@H](O)[C@@H]3O)O[C@@H](C)[C@H]2O)c1. The normalized spacial score (nSPS) is 27.1. The van der Waals surface area contributed by atoms with Gasteiger partial charge in [0.1, 0.15) is 107 Å². The number of aromatic hydroxyl groups is 3. The lowest BCUT2D eigenvalue weighted by Crippen LogP contribution is -2.65. The van der Waals surface area contributed by atoms with E-state index in [1.54, 1.807) is 62.4 Å². The van der Waals surface area contributed by atoms with Crippen LogP contribution in [0.5, 0.6) is 51.7 Å². The van der Waals surface area contributed by atoms with Crippen molar-refractivity contribution in [1.82, 2.24) is 37.2 Å². The third-order valence-corrected chi connectivity index (χ3v) is 20.8. The number of aliphatic hydroxyl groups excluding tert-OH is 6. The minimum absolute atomic E-state index is 0.110. The maximum atomic E-state index is 16.2. The molecule has 608 valence electrons. The van der Waals surface area contributed by atoms with Gasteiger partial charge in [0, 0.05) is 42.1 Å². The van der Waals surface area contributed by atoms with Gasteiger partial charge in [-0.25, -0.2) is 4.79 Å². The second-order valence-corrected chi connectivity index (χ2v) is 29.2. The zero-order valence-electron chi connectivity index (χ0n) is 61.3. The van der Waals surface area contributed by atoms with Crippen LogP contribution < -0.4 is 67.6 Å². The van der Waals surface area contributed by atoms with Gasteiger partial charge in [-0.15, -0.1) is 6.58 Å². The molecule has 0 unspecified atom stereocenters. The molecule has 2 fully saturated rings. The molecule has 18 atom stereocenters. The number of aliphatic hydroxyl groups is 6. The summed E-state index contributed by atoms with van der Waals surface area (Å²) in [7, 11) is 0. The predicted molar refractivity (Wildman–Crippen MR) is 405 cm³/mol. The van der Waals surface area contributed by atoms with Crippen LogP contribution in [-0.4, -0.2) is 191 Å². The van der Waals surface area contributed by atoms with Crippen molar-refractivity contribution in [3.05, 3.63) is 195 Å². The van der Waals surface area contributed by atoms with Crippen LogP contribution in [-0.2, 0) is 65.5 Å². The third-order valence-electron chi connectivity index (χ3n) is 20.2. The number of halogens is 2. The van der Waals surface area contributed by atoms with Crippen LogP contribution >= 0.6 is 23.2 Å². The van der Waals surface area contributed by atoms with E-state index in [-0.39, 0.29) is 46.8 Å². The number of hydrogen-bond donors (Lipinski definition) is 19. The monoisotopic (exact) mass is 1630 g/mol. The first-order valence-corrected chi connectivity index (χ1v) is 36.9. The summed E-state index contributed by atoms with van der Waals surface area (Å²) in [5, 5.41) is 134. The number of primary amides is 1. The van der Waals surface area contributed by atoms with E-state index in [0.29, 0.717) is 24.3 Å². The third kappa shape index (κ3) is 18.5. The maximum absolute atomic E-state index is 16.2. The molecule has 0 radical (unpaired) electrons. The van der Waals surface area contributed by atoms with Gasteiger partial charge in [0.05, 0.1) is 41.9 Å². The Labute approximate surface area is 665 Å². The van der Waals surface area contributed by atoms with Crippen molar-refractivity contribution >= 4 is 70.5 Å². The highest BCUT2D eigenvalue weighted by Crippen LogP contribution is 2.50. The highest BCUT2D eigenvalue weighted by Gasteiger charge is 2.52. The Kier molecular flexibility index (Phi) is 25.5. The number of fused-ring (bicyclic) bond motifs is 15. The van der Waals surface area contributed by atoms with Crippen LogP contribution in [0.15, 0.2) is 146 Å². The molecule has 11 bridgehead atoms. The molecule has 21 N–H and O–H groups in total. The Morgan fingerprint density at radius 2 is 1.34 bits per heavy atom. The second kappa shape index (κ2) is 35.3. The molecule has 0 aromatic heterocycles. The summed E-state index contributed by atoms with van der Waals surface area (Å²) in [6.45, 7) is 6.57. The number of nitrogens with one attached hydrogen (secondary N) is 7. The number of carbonyl (C=O) groups excluding carboxylic acids is 7. The molecule has 14 rings (SSSR count). The largest absolute Gasteiger partial charge is 0.508 e. The van der Waals surface area contributed by atoms with Crippen molar-refractivity contribution in [2.45, 2.75) is 155 Å². The van der Waals surface area contributed by atoms with Crippen LogP contribution in [0.25, 0.3) is 11.1 Å². The number of aliphatic carboxylic acids is 1. The fourth-order valence-corrected chi connectivity index (χ4v) is 14.5. The highest BCUT2D eigenvalue weighted by atomic mass is 35.5. The van der Waals surface area contributed by atoms with Gasteiger partial charge < -0.3 is 133 Å². The summed E-state index contributed by atoms with van der Waals surface area (Å²) in [6, 6.07) is 14.1. The number of phenolic OH excluding ortho intramolecular Hbond substituents is 3. The van der Waals surface area contributed by atoms with Crippen LogP contribution in [0.1, 0.15) is 102 Å². The second-order valence-electron chi connectivity index (χ2n) is 28.4. The average Bonchev–Trinajstić information content (AvgIpc) is 0.765. The summed E-state index contributed by atoms with van der Waals surface area (Å²) in [5.74, 6) is -15.5. The molecule has 2 saturated heterocycles. The topological polar surface area (TPSA) is 540 Å². The van der Waals surface area contributed by atoms with Crippen LogP contribution in [0, 0.1) is 0 Å². The van der Waals surface area contributed by atoms with Crippen molar-refractivity contribution in [2.75, 3.05) is 13.2 Å². The van der Waals surface area contributed by atoms with Crippen molar-refractivity contribution in [3.8, 4) is 62.9 Å². The van der Waals surface area contributed by atoms with Gasteiger partial charge in [-0.05, 0) is 126 Å². The quantitative estimate of drug-likeness (QED) is 0.0409. The predicted octanol–water partition coefficient (Wildman–Crippen LogP) is 2.83. The lowest BCUT2D eigenvalue weighted by atomic mass is 9.84. The van der Waals surface area contributed by atoms with E-state index in [4.69, 9.17) is 67.8 Å². The van der Waals surface area contributed by atoms with Crippen molar-refractivity contribution in [2.24, 2.45) is 11.5 Å². The number of ether oxygens (including phenoxy) is 7. The van der Waals surface area contributed by atoms with Gasteiger partial charge in [-0.2, -0.15) is 0 Å². The smallest absolute Gasteiger partial charge is 0.326 e. The summed E-state index contributed by atoms with van der Waals surface area (Å²) in [4.78, 5) is 118. The molecule has 0 saturated carbocycles. The number of amides is 7. The lowest BCUT2D eigenvalue weighted by Gasteiger charge is -2.48. The van der Waals surface area contributed by atoms with Crippen molar-refractivity contribution in [1.29, 1.82) is 0 Å². The molecule has 7 aliphatic heterocycles. The summed E-state index contributed by atoms with van der Waals surface area (Å²) in [5.41, 5.74) is 9.16. The Bertz CT molecular complexity index is 4890. The van der Waals surface area contributed by atoms with Gasteiger partial charge in [0.15, 0.2) is 23.9 Å². The molecule has 36 heteroatoms. The molecule has 7 aliphatic rings. The summed E-state index contributed by atoms with van der Waals surface area (Å²) < 4.78 is 45.2. The van der Waals surface area contributed by atoms with E-state index in [9.17, 15) is 65.4 Å². The number of rotatable bonds is 19. The fraction of sp³-hybridized carbons (Fsp3) is 0.342. The molecule has 7 aromatic carbocycles. The Morgan fingerprint density at radius 3 is 1.99 bits per heavy atom. The minimum atomic E-state index is -2.35. The minimum Gasteiger partial charge on any atom is -0.508 e. The van der Waals surface area contributed by atoms with E-state index in [1.807, 2.05) is 12.1 Å². The van der Waals surface area contributed by atoms with Gasteiger partial charge >= 0.3 is 5.97 Å². The van der Waals surface area contributed by atoms with Crippen LogP contribution in [0.3, 0.4) is 0 Å². The van der Waals surface area contributed by atoms with E-state index in [0.717, 1.165) is 72.3 Å². The van der Waals surface area contributed by atoms with E-state index >= 15 is 24.0 Å². The summed E-state index contributed by atoms with van der Waals surface area (Å²) in [6.07, 6.45) is -16.7. The standard InChI is InChI=1S/C79H83Cl2N9O25/c1-4-5-20-109-42-13-9-12-36(21-42)32-84-79(3)31-57(110-34(2)70(79)100)114-69-67(99)66(98)55(33-91)113-78(69)115-68-53-26-40-27-54(68)112-52-19-16-39(25-46(52)81)65(97)63-76(106)89-62(75(105)86-48(77(107)108)22-35-10-7-6-8-11-35)44-28-41(92)29-50(94)58(44)43-23-37(14-17-49(43)93)60(73(103)90-63)88-74(104)61(40)87-71(101)47(30-56(82)95)85-72(102)59(83)64(96)38-15-18-51(111-53)45(80)24-38/h4,6-19,21,23-29,34,47-48,55,57,59-67,69-70,78,84,91-94,96-100H,1,5,20,22,30-33,83H2,2-3H3,(H2,82,95)(H,85,102)(H,86,105)(H,87,101)(H,88,104)(H,89,106)(H,90,103)(H,107,108)/t34-,47-,48-,55+,57-,59+,60+,61+,62-,63-,64+,65+,66+,67-,69+,70+,78-,79-/m0/s1. The molecule has 34 nitrogen and oxygen atoms in total. The molecule has 0 aliphatic carbocycles. The van der Waals surface area contributed by atoms with E-state index < -0.39 is 237 Å². The Hall–Kier alpha value is -11.2. The number of carbonyl (C=O) groups is 8. The van der Waals surface area contributed by atoms with Gasteiger partial charge in [0.25, 0.3) is 0 Å². The van der Waals surface area contributed by atoms with Crippen LogP contribution in [0.2, 0.25) is 10.0 Å². The highest BCUT2D eigenvalue weighted by molar-refractivity contribution is 6.32. The Morgan fingerprint density at radius 1 is 0.696 bits per heavy atom. The maximum Gasteiger partial charge on any atom is 0.326 e. The average molecular weight is 1630 g/mol. The number of carboxylic acids is 1. The lowest BCUT2D eigenvalue weighted by molar-refractivity contribution is -0.334. The number of benzene rings is 7. The van der Waals surface area contributed by atoms with Gasteiger partial charge in [-0.1, -0.05) is 89.9 Å². The van der Waals surface area contributed by atoms with E-state index in [2.05, 4.69) is 43.8 Å². The van der Waals surface area contributed by atoms with Gasteiger partial charge in [0.2, 0.25) is 53.4 Å². The first-order valence-electron chi connectivity index (χ1n) is 36.2. The zero-order chi connectivity index (χ0) is 82.6. The fourth-order valence-electron chi connectivity index (χ4n) is 14.1. The molecule has 0 spiro atoms. The van der Waals surface area contributed by atoms with Gasteiger partial charge in [-0.3, -0.25) is 33.6 Å². The number of carboxylic acid groups (broad SMARTS) is 1. The molecule has 7 aromatic rings. The first kappa shape index (κ1) is 83.2. The molecule has 115 heavy (non-hydrogen) atoms. The Balaban J connectivity index is 1.03. The van der Waals surface area contributed by atoms with E-state index in [1.165, 1.54) is 12.1 Å². The van der Waals surface area contributed by atoms with Crippen molar-refractivity contribution in [3.63, 3.8) is 0 Å². The zero-order valence-corrected chi connectivity index (χ0v) is 62.8. The van der Waals surface area contributed by atoms with Crippen molar-refractivity contribution < 1.29 is 123 Å². The molecular weight excluding hydrogens is 1550 g/mol. The first-order chi connectivity index (χ1) is 54.8. The number of nitrogens with two attached hydrogens (primary N) is 2. The number of hydrogen-bond acceptors (Lipinski definition) is 26. The molecule has 7 heterocycles. The summed E-state index contributed by atoms with van der Waals surface area (Å²) >= 11 is 14.2. The molecule has 7 amide bonds. The van der Waals surface area contributed by atoms with Crippen LogP contribution in [0.4, 0.5) is 0 Å². The molecular formula is C79H83Cl2N9O25.